The molecule has 5 aliphatic carbocycles. The van der Waals surface area contributed by atoms with Crippen molar-refractivity contribution in [3.63, 3.8) is 0 Å². The van der Waals surface area contributed by atoms with E-state index in [1.807, 2.05) is 0 Å². The maximum atomic E-state index is 13.5. The molecule has 5 saturated carbocycles. The molecule has 7 heteroatoms. The van der Waals surface area contributed by atoms with Gasteiger partial charge in [0.25, 0.3) is 10.1 Å². The van der Waals surface area contributed by atoms with Crippen LogP contribution in [-0.2, 0) is 14.9 Å². The molecule has 39 heavy (non-hydrogen) atoms. The Labute approximate surface area is 237 Å². The van der Waals surface area contributed by atoms with Gasteiger partial charge >= 0.3 is 0 Å². The van der Waals surface area contributed by atoms with Crippen molar-refractivity contribution in [1.82, 2.24) is 4.90 Å². The SMILES string of the molecule is C[C@H](CCC(=O)N(CCS(=O)(=O)O)C1CCCCC1)[C@H]1CC[C@H]2[C@@H]3CC[C@@H]4C[C@H](O)CC[C@]4(C)[C@H]3CC[C@]12C. The van der Waals surface area contributed by atoms with Crippen LogP contribution in [0.2, 0.25) is 0 Å². The van der Waals surface area contributed by atoms with Gasteiger partial charge in [-0.25, -0.2) is 0 Å². The summed E-state index contributed by atoms with van der Waals surface area (Å²) in [6.07, 6.45) is 17.5. The number of hydrogen-bond donors (Lipinski definition) is 2. The highest BCUT2D eigenvalue weighted by atomic mass is 32.2. The van der Waals surface area contributed by atoms with E-state index in [0.29, 0.717) is 35.0 Å². The minimum atomic E-state index is -4.09. The molecule has 0 bridgehead atoms. The lowest BCUT2D eigenvalue weighted by atomic mass is 9.44. The summed E-state index contributed by atoms with van der Waals surface area (Å²) in [5.74, 6) is 3.95. The lowest BCUT2D eigenvalue weighted by Gasteiger charge is -2.61. The van der Waals surface area contributed by atoms with Crippen LogP contribution < -0.4 is 0 Å². The van der Waals surface area contributed by atoms with Gasteiger partial charge in [-0.05, 0) is 123 Å². The number of carbonyl (C=O) groups excluding carboxylic acids is 1. The smallest absolute Gasteiger partial charge is 0.266 e. The number of hydrogen-bond acceptors (Lipinski definition) is 4. The van der Waals surface area contributed by atoms with Gasteiger partial charge in [0.05, 0.1) is 11.9 Å². The van der Waals surface area contributed by atoms with E-state index >= 15 is 0 Å². The molecule has 5 aliphatic rings. The van der Waals surface area contributed by atoms with E-state index < -0.39 is 10.1 Å². The number of aliphatic hydroxyl groups excluding tert-OH is 1. The zero-order valence-electron chi connectivity index (χ0n) is 24.8. The van der Waals surface area contributed by atoms with E-state index in [0.717, 1.165) is 62.7 Å². The number of amides is 1. The summed E-state index contributed by atoms with van der Waals surface area (Å²) in [4.78, 5) is 15.2. The standard InChI is InChI=1S/C32H55NO5S/c1-22(9-14-30(35)33(19-20-39(36,37)38)24-7-5-4-6-8-24)27-12-13-28-26-11-10-23-21-25(34)15-17-31(23,2)29(26)16-18-32(27,28)3/h22-29,34H,4-21H2,1-3H3,(H,36,37,38)/t22-,23-,25-,26+,27-,28+,29+,31+,32-/m1/s1. The summed E-state index contributed by atoms with van der Waals surface area (Å²) in [6, 6.07) is 0.115. The van der Waals surface area contributed by atoms with Crippen molar-refractivity contribution in [3.05, 3.63) is 0 Å². The highest BCUT2D eigenvalue weighted by Gasteiger charge is 2.60. The number of aliphatic hydroxyl groups is 1. The van der Waals surface area contributed by atoms with Gasteiger partial charge in [0.1, 0.15) is 0 Å². The molecule has 0 heterocycles. The Morgan fingerprint density at radius 1 is 0.923 bits per heavy atom. The molecule has 1 amide bonds. The summed E-state index contributed by atoms with van der Waals surface area (Å²) >= 11 is 0. The Bertz CT molecular complexity index is 979. The number of rotatable bonds is 8. The van der Waals surface area contributed by atoms with Crippen molar-refractivity contribution in [3.8, 4) is 0 Å². The number of carbonyl (C=O) groups is 1. The molecule has 2 N–H and O–H groups in total. The second kappa shape index (κ2) is 11.6. The molecule has 0 aromatic rings. The Morgan fingerprint density at radius 3 is 2.33 bits per heavy atom. The van der Waals surface area contributed by atoms with E-state index in [1.54, 1.807) is 4.90 Å². The van der Waals surface area contributed by atoms with Crippen LogP contribution in [0.3, 0.4) is 0 Å². The molecule has 0 radical (unpaired) electrons. The van der Waals surface area contributed by atoms with Crippen molar-refractivity contribution in [2.24, 2.45) is 46.3 Å². The predicted octanol–water partition coefficient (Wildman–Crippen LogP) is 6.47. The van der Waals surface area contributed by atoms with Crippen LogP contribution in [0.5, 0.6) is 0 Å². The molecule has 0 spiro atoms. The Kier molecular flexibility index (Phi) is 8.83. The maximum Gasteiger partial charge on any atom is 0.266 e. The Balaban J connectivity index is 1.21. The summed E-state index contributed by atoms with van der Waals surface area (Å²) < 4.78 is 32.3. The van der Waals surface area contributed by atoms with Gasteiger partial charge in [-0.15, -0.1) is 0 Å². The first-order valence-electron chi connectivity index (χ1n) is 16.3. The first kappa shape index (κ1) is 29.8. The van der Waals surface area contributed by atoms with Crippen molar-refractivity contribution in [2.45, 2.75) is 136 Å². The van der Waals surface area contributed by atoms with Gasteiger partial charge in [0.15, 0.2) is 0 Å². The van der Waals surface area contributed by atoms with Crippen LogP contribution in [0.15, 0.2) is 0 Å². The van der Waals surface area contributed by atoms with E-state index in [2.05, 4.69) is 20.8 Å². The molecule has 5 fully saturated rings. The van der Waals surface area contributed by atoms with E-state index in [4.69, 9.17) is 0 Å². The fourth-order valence-electron chi connectivity index (χ4n) is 11.0. The van der Waals surface area contributed by atoms with E-state index in [1.165, 1.54) is 51.4 Å². The summed E-state index contributed by atoms with van der Waals surface area (Å²) in [5.41, 5.74) is 0.763. The zero-order valence-corrected chi connectivity index (χ0v) is 25.6. The quantitative estimate of drug-likeness (QED) is 0.329. The molecular formula is C32H55NO5S. The largest absolute Gasteiger partial charge is 0.393 e. The summed E-state index contributed by atoms with van der Waals surface area (Å²) in [6.45, 7) is 7.61. The maximum absolute atomic E-state index is 13.5. The minimum Gasteiger partial charge on any atom is -0.393 e. The lowest BCUT2D eigenvalue weighted by molar-refractivity contribution is -0.135. The molecule has 0 aromatic carbocycles. The average molecular weight is 566 g/mol. The third kappa shape index (κ3) is 5.98. The topological polar surface area (TPSA) is 94.9 Å². The van der Waals surface area contributed by atoms with E-state index in [9.17, 15) is 22.9 Å². The first-order valence-corrected chi connectivity index (χ1v) is 18.0. The Hall–Kier alpha value is -0.660. The molecule has 5 rings (SSSR count). The van der Waals surface area contributed by atoms with Gasteiger partial charge in [0, 0.05) is 19.0 Å². The summed E-state index contributed by atoms with van der Waals surface area (Å²) in [5, 5.41) is 10.3. The molecule has 0 aliphatic heterocycles. The Morgan fingerprint density at radius 2 is 1.62 bits per heavy atom. The van der Waals surface area contributed by atoms with Crippen LogP contribution >= 0.6 is 0 Å². The fraction of sp³-hybridized carbons (Fsp3) is 0.969. The lowest BCUT2D eigenvalue weighted by Crippen LogP contribution is -2.54. The molecule has 0 aromatic heterocycles. The van der Waals surface area contributed by atoms with Crippen molar-refractivity contribution in [2.75, 3.05) is 12.3 Å². The highest BCUT2D eigenvalue weighted by Crippen LogP contribution is 2.68. The van der Waals surface area contributed by atoms with Crippen LogP contribution in [0.1, 0.15) is 124 Å². The minimum absolute atomic E-state index is 0.0755. The third-order valence-electron chi connectivity index (χ3n) is 13.1. The zero-order chi connectivity index (χ0) is 28.0. The number of nitrogens with zero attached hydrogens (tertiary/aromatic N) is 1. The first-order chi connectivity index (χ1) is 18.4. The summed E-state index contributed by atoms with van der Waals surface area (Å²) in [7, 11) is -4.09. The van der Waals surface area contributed by atoms with Crippen LogP contribution in [-0.4, -0.2) is 53.3 Å². The molecular weight excluding hydrogens is 510 g/mol. The molecule has 6 nitrogen and oxygen atoms in total. The second-order valence-corrected chi connectivity index (χ2v) is 16.6. The second-order valence-electron chi connectivity index (χ2n) is 15.0. The van der Waals surface area contributed by atoms with Crippen LogP contribution in [0.25, 0.3) is 0 Å². The number of fused-ring (bicyclic) bond motifs is 5. The van der Waals surface area contributed by atoms with Crippen molar-refractivity contribution >= 4 is 16.0 Å². The van der Waals surface area contributed by atoms with Gasteiger partial charge < -0.3 is 10.0 Å². The van der Waals surface area contributed by atoms with Gasteiger partial charge in [-0.1, -0.05) is 40.0 Å². The normalized spacial score (nSPS) is 41.8. The van der Waals surface area contributed by atoms with Crippen LogP contribution in [0, 0.1) is 46.3 Å². The fourth-order valence-corrected chi connectivity index (χ4v) is 11.5. The monoisotopic (exact) mass is 565 g/mol. The molecule has 9 atom stereocenters. The predicted molar refractivity (Wildman–Crippen MR) is 155 cm³/mol. The molecule has 0 saturated heterocycles. The molecule has 0 unspecified atom stereocenters. The van der Waals surface area contributed by atoms with Crippen LogP contribution in [0.4, 0.5) is 0 Å². The van der Waals surface area contributed by atoms with Crippen molar-refractivity contribution in [1.29, 1.82) is 0 Å². The average Bonchev–Trinajstić information content (AvgIpc) is 3.25. The van der Waals surface area contributed by atoms with Crippen molar-refractivity contribution < 1.29 is 22.9 Å². The van der Waals surface area contributed by atoms with E-state index in [-0.39, 0.29) is 30.4 Å². The highest BCUT2D eigenvalue weighted by molar-refractivity contribution is 7.85. The molecule has 224 valence electrons. The third-order valence-corrected chi connectivity index (χ3v) is 13.8. The van der Waals surface area contributed by atoms with Gasteiger partial charge in [-0.2, -0.15) is 8.42 Å². The van der Waals surface area contributed by atoms with Gasteiger partial charge in [-0.3, -0.25) is 9.35 Å². The van der Waals surface area contributed by atoms with Gasteiger partial charge in [0.2, 0.25) is 5.91 Å².